The number of hydrogen-bond acceptors (Lipinski definition) is 4. The number of benzene rings is 1. The van der Waals surface area contributed by atoms with E-state index in [-0.39, 0.29) is 6.04 Å². The molecule has 0 bridgehead atoms. The van der Waals surface area contributed by atoms with E-state index in [1.165, 1.54) is 5.56 Å². The first-order valence-corrected chi connectivity index (χ1v) is 5.39. The van der Waals surface area contributed by atoms with Gasteiger partial charge in [-0.2, -0.15) is 0 Å². The van der Waals surface area contributed by atoms with Crippen LogP contribution in [0.1, 0.15) is 12.5 Å². The SMILES string of the molecule is COc1ccc(CN(C)C[C@@H](C)N)cc1N. The number of rotatable bonds is 5. The van der Waals surface area contributed by atoms with E-state index in [0.717, 1.165) is 18.8 Å². The van der Waals surface area contributed by atoms with Gasteiger partial charge in [-0.3, -0.25) is 0 Å². The fraction of sp³-hybridized carbons (Fsp3) is 0.500. The summed E-state index contributed by atoms with van der Waals surface area (Å²) < 4.78 is 5.11. The van der Waals surface area contributed by atoms with Crippen molar-refractivity contribution in [3.05, 3.63) is 23.8 Å². The minimum atomic E-state index is 0.181. The molecule has 0 saturated heterocycles. The summed E-state index contributed by atoms with van der Waals surface area (Å²) in [6.45, 7) is 3.71. The van der Waals surface area contributed by atoms with Crippen molar-refractivity contribution < 1.29 is 4.74 Å². The van der Waals surface area contributed by atoms with E-state index in [1.54, 1.807) is 7.11 Å². The standard InChI is InChI=1S/C12H21N3O/c1-9(13)7-15(2)8-10-4-5-12(16-3)11(14)6-10/h4-6,9H,7-8,13-14H2,1-3H3/t9-/m1/s1. The molecular weight excluding hydrogens is 202 g/mol. The van der Waals surface area contributed by atoms with Crippen molar-refractivity contribution in [2.75, 3.05) is 26.4 Å². The molecule has 1 atom stereocenters. The zero-order chi connectivity index (χ0) is 12.1. The molecule has 1 aromatic rings. The molecule has 4 heteroatoms. The summed E-state index contributed by atoms with van der Waals surface area (Å²) in [5, 5.41) is 0. The van der Waals surface area contributed by atoms with Gasteiger partial charge in [0.15, 0.2) is 0 Å². The van der Waals surface area contributed by atoms with Gasteiger partial charge in [-0.25, -0.2) is 0 Å². The van der Waals surface area contributed by atoms with Crippen molar-refractivity contribution in [3.63, 3.8) is 0 Å². The van der Waals surface area contributed by atoms with E-state index >= 15 is 0 Å². The van der Waals surface area contributed by atoms with Crippen molar-refractivity contribution in [2.45, 2.75) is 19.5 Å². The van der Waals surface area contributed by atoms with Gasteiger partial charge in [0.2, 0.25) is 0 Å². The summed E-state index contributed by atoms with van der Waals surface area (Å²) in [5.74, 6) is 0.721. The van der Waals surface area contributed by atoms with E-state index in [0.29, 0.717) is 5.69 Å². The number of anilines is 1. The van der Waals surface area contributed by atoms with Crippen molar-refractivity contribution in [3.8, 4) is 5.75 Å². The summed E-state index contributed by atoms with van der Waals surface area (Å²) in [6, 6.07) is 6.04. The van der Waals surface area contributed by atoms with E-state index in [9.17, 15) is 0 Å². The van der Waals surface area contributed by atoms with Gasteiger partial charge in [0.05, 0.1) is 12.8 Å². The van der Waals surface area contributed by atoms with Crippen molar-refractivity contribution >= 4 is 5.69 Å². The highest BCUT2D eigenvalue weighted by Crippen LogP contribution is 2.22. The highest BCUT2D eigenvalue weighted by molar-refractivity contribution is 5.54. The van der Waals surface area contributed by atoms with Crippen molar-refractivity contribution in [2.24, 2.45) is 5.73 Å². The van der Waals surface area contributed by atoms with Crippen molar-refractivity contribution in [1.82, 2.24) is 4.90 Å². The van der Waals surface area contributed by atoms with Gasteiger partial charge in [-0.05, 0) is 31.7 Å². The quantitative estimate of drug-likeness (QED) is 0.733. The second-order valence-electron chi connectivity index (χ2n) is 4.25. The Morgan fingerprint density at radius 1 is 1.44 bits per heavy atom. The summed E-state index contributed by atoms with van der Waals surface area (Å²) in [5.41, 5.74) is 13.4. The Balaban J connectivity index is 2.64. The molecule has 4 nitrogen and oxygen atoms in total. The fourth-order valence-electron chi connectivity index (χ4n) is 1.75. The van der Waals surface area contributed by atoms with Crippen LogP contribution >= 0.6 is 0 Å². The van der Waals surface area contributed by atoms with Crippen LogP contribution in [0.3, 0.4) is 0 Å². The van der Waals surface area contributed by atoms with Crippen LogP contribution < -0.4 is 16.2 Å². The molecule has 0 aliphatic heterocycles. The molecule has 0 radical (unpaired) electrons. The van der Waals surface area contributed by atoms with Gasteiger partial charge in [0.1, 0.15) is 5.75 Å². The maximum Gasteiger partial charge on any atom is 0.141 e. The average Bonchev–Trinajstić information content (AvgIpc) is 2.16. The van der Waals surface area contributed by atoms with Crippen LogP contribution in [0.15, 0.2) is 18.2 Å². The van der Waals surface area contributed by atoms with Gasteiger partial charge in [-0.1, -0.05) is 6.07 Å². The molecular formula is C12H21N3O. The first kappa shape index (κ1) is 12.8. The van der Waals surface area contributed by atoms with E-state index in [1.807, 2.05) is 32.2 Å². The monoisotopic (exact) mass is 223 g/mol. The zero-order valence-electron chi connectivity index (χ0n) is 10.2. The van der Waals surface area contributed by atoms with E-state index < -0.39 is 0 Å². The molecule has 0 heterocycles. The summed E-state index contributed by atoms with van der Waals surface area (Å²) in [6.07, 6.45) is 0. The van der Waals surface area contributed by atoms with Crippen LogP contribution in [0.4, 0.5) is 5.69 Å². The van der Waals surface area contributed by atoms with Crippen LogP contribution in [0.25, 0.3) is 0 Å². The molecule has 0 unspecified atom stereocenters. The summed E-state index contributed by atoms with van der Waals surface area (Å²) in [4.78, 5) is 2.17. The Kier molecular flexibility index (Phi) is 4.58. The minimum absolute atomic E-state index is 0.181. The number of hydrogen-bond donors (Lipinski definition) is 2. The maximum absolute atomic E-state index is 5.84. The number of nitrogen functional groups attached to an aromatic ring is 1. The van der Waals surface area contributed by atoms with Gasteiger partial charge in [0.25, 0.3) is 0 Å². The third-order valence-corrected chi connectivity index (χ3v) is 2.35. The van der Waals surface area contributed by atoms with Crippen LogP contribution in [-0.4, -0.2) is 31.6 Å². The fourth-order valence-corrected chi connectivity index (χ4v) is 1.75. The first-order valence-electron chi connectivity index (χ1n) is 5.39. The van der Waals surface area contributed by atoms with Crippen molar-refractivity contribution in [1.29, 1.82) is 0 Å². The van der Waals surface area contributed by atoms with E-state index in [2.05, 4.69) is 4.90 Å². The van der Waals surface area contributed by atoms with Crippen LogP contribution in [-0.2, 0) is 6.54 Å². The Hall–Kier alpha value is -1.26. The van der Waals surface area contributed by atoms with Gasteiger partial charge < -0.3 is 21.1 Å². The first-order chi connectivity index (χ1) is 7.52. The molecule has 0 fully saturated rings. The zero-order valence-corrected chi connectivity index (χ0v) is 10.2. The lowest BCUT2D eigenvalue weighted by Gasteiger charge is -2.19. The molecule has 0 spiro atoms. The average molecular weight is 223 g/mol. The molecule has 16 heavy (non-hydrogen) atoms. The lowest BCUT2D eigenvalue weighted by molar-refractivity contribution is 0.310. The van der Waals surface area contributed by atoms with Crippen LogP contribution in [0.2, 0.25) is 0 Å². The Bertz CT molecular complexity index is 339. The largest absolute Gasteiger partial charge is 0.495 e. The van der Waals surface area contributed by atoms with Gasteiger partial charge in [0, 0.05) is 19.1 Å². The molecule has 0 aliphatic carbocycles. The molecule has 0 amide bonds. The highest BCUT2D eigenvalue weighted by Gasteiger charge is 2.05. The second-order valence-corrected chi connectivity index (χ2v) is 4.25. The van der Waals surface area contributed by atoms with Crippen LogP contribution in [0.5, 0.6) is 5.75 Å². The summed E-state index contributed by atoms with van der Waals surface area (Å²) >= 11 is 0. The third kappa shape index (κ3) is 3.72. The predicted octanol–water partition coefficient (Wildman–Crippen LogP) is 1.06. The maximum atomic E-state index is 5.84. The number of nitrogens with zero attached hydrogens (tertiary/aromatic N) is 1. The smallest absolute Gasteiger partial charge is 0.141 e. The lowest BCUT2D eigenvalue weighted by Crippen LogP contribution is -2.32. The third-order valence-electron chi connectivity index (χ3n) is 2.35. The van der Waals surface area contributed by atoms with Gasteiger partial charge >= 0.3 is 0 Å². The molecule has 90 valence electrons. The summed E-state index contributed by atoms with van der Waals surface area (Å²) in [7, 11) is 3.66. The second kappa shape index (κ2) is 5.72. The van der Waals surface area contributed by atoms with Gasteiger partial charge in [-0.15, -0.1) is 0 Å². The lowest BCUT2D eigenvalue weighted by atomic mass is 10.1. The Morgan fingerprint density at radius 3 is 2.62 bits per heavy atom. The topological polar surface area (TPSA) is 64.5 Å². The molecule has 0 aliphatic rings. The van der Waals surface area contributed by atoms with Crippen LogP contribution in [0, 0.1) is 0 Å². The Labute approximate surface area is 97.2 Å². The minimum Gasteiger partial charge on any atom is -0.495 e. The highest BCUT2D eigenvalue weighted by atomic mass is 16.5. The molecule has 4 N–H and O–H groups in total. The molecule has 0 saturated carbocycles. The predicted molar refractivity (Wildman–Crippen MR) is 67.4 cm³/mol. The molecule has 1 aromatic carbocycles. The molecule has 0 aromatic heterocycles. The number of nitrogens with two attached hydrogens (primary N) is 2. The van der Waals surface area contributed by atoms with E-state index in [4.69, 9.17) is 16.2 Å². The molecule has 1 rings (SSSR count). The Morgan fingerprint density at radius 2 is 2.12 bits per heavy atom. The normalized spacial score (nSPS) is 12.8. The number of ether oxygens (including phenoxy) is 1. The number of methoxy groups -OCH3 is 1. The number of likely N-dealkylation sites (N-methyl/N-ethyl adjacent to an activating group) is 1.